The lowest BCUT2D eigenvalue weighted by Crippen LogP contribution is -2.34. The molecule has 0 aromatic carbocycles. The van der Waals surface area contributed by atoms with E-state index in [1.807, 2.05) is 6.92 Å². The van der Waals surface area contributed by atoms with Crippen LogP contribution in [0.1, 0.15) is 35.6 Å². The van der Waals surface area contributed by atoms with Gasteiger partial charge in [0.1, 0.15) is 10.9 Å². The molecule has 0 saturated carbocycles. The summed E-state index contributed by atoms with van der Waals surface area (Å²) in [5.74, 6) is -0.623. The standard InChI is InChI=1S/C19H24ClN5O3/c1-12(2)11-25-18(20)14(13(3)24-25)6-7-16(27)21-9-10-23-19(28)17-15(26)5-4-8-22-17/h4-8,12,26H,9-11H2,1-3H3,(H,21,27)(H,23,28)/b7-6+. The van der Waals surface area contributed by atoms with Gasteiger partial charge < -0.3 is 15.7 Å². The van der Waals surface area contributed by atoms with Crippen LogP contribution in [-0.2, 0) is 11.3 Å². The molecule has 2 aromatic heterocycles. The van der Waals surface area contributed by atoms with Gasteiger partial charge >= 0.3 is 0 Å². The number of halogens is 1. The fourth-order valence-corrected chi connectivity index (χ4v) is 2.77. The molecule has 8 nitrogen and oxygen atoms in total. The molecule has 0 aliphatic rings. The number of amides is 2. The van der Waals surface area contributed by atoms with Crippen molar-refractivity contribution in [1.29, 1.82) is 0 Å². The molecule has 0 aliphatic carbocycles. The van der Waals surface area contributed by atoms with E-state index in [9.17, 15) is 14.7 Å². The highest BCUT2D eigenvalue weighted by Crippen LogP contribution is 2.22. The van der Waals surface area contributed by atoms with Gasteiger partial charge in [-0.05, 0) is 31.1 Å². The van der Waals surface area contributed by atoms with Crippen LogP contribution in [-0.4, -0.2) is 44.8 Å². The van der Waals surface area contributed by atoms with Gasteiger partial charge in [-0.3, -0.25) is 14.3 Å². The van der Waals surface area contributed by atoms with Gasteiger partial charge in [0.15, 0.2) is 5.69 Å². The van der Waals surface area contributed by atoms with E-state index in [0.29, 0.717) is 23.2 Å². The smallest absolute Gasteiger partial charge is 0.273 e. The molecule has 3 N–H and O–H groups in total. The van der Waals surface area contributed by atoms with Crippen molar-refractivity contribution in [2.24, 2.45) is 5.92 Å². The van der Waals surface area contributed by atoms with Gasteiger partial charge in [0, 0.05) is 37.5 Å². The van der Waals surface area contributed by atoms with Crippen LogP contribution < -0.4 is 10.6 Å². The third kappa shape index (κ3) is 5.82. The topological polar surface area (TPSA) is 109 Å². The number of nitrogens with zero attached hydrogens (tertiary/aromatic N) is 3. The van der Waals surface area contributed by atoms with Gasteiger partial charge in [-0.15, -0.1) is 0 Å². The van der Waals surface area contributed by atoms with Crippen LogP contribution >= 0.6 is 11.6 Å². The quantitative estimate of drug-likeness (QED) is 0.460. The monoisotopic (exact) mass is 405 g/mol. The summed E-state index contributed by atoms with van der Waals surface area (Å²) in [7, 11) is 0. The Morgan fingerprint density at radius 3 is 2.71 bits per heavy atom. The summed E-state index contributed by atoms with van der Waals surface area (Å²) >= 11 is 6.33. The largest absolute Gasteiger partial charge is 0.505 e. The first-order chi connectivity index (χ1) is 13.3. The highest BCUT2D eigenvalue weighted by atomic mass is 35.5. The molecule has 28 heavy (non-hydrogen) atoms. The summed E-state index contributed by atoms with van der Waals surface area (Å²) in [6.07, 6.45) is 4.42. The lowest BCUT2D eigenvalue weighted by Gasteiger charge is -2.06. The summed E-state index contributed by atoms with van der Waals surface area (Å²) in [6.45, 7) is 7.10. The molecule has 2 rings (SSSR count). The Kier molecular flexibility index (Phi) is 7.57. The minimum Gasteiger partial charge on any atom is -0.505 e. The first-order valence-electron chi connectivity index (χ1n) is 8.90. The van der Waals surface area contributed by atoms with Crippen LogP contribution in [0.2, 0.25) is 5.15 Å². The summed E-state index contributed by atoms with van der Waals surface area (Å²) in [5, 5.41) is 19.7. The second-order valence-corrected chi connectivity index (χ2v) is 6.98. The van der Waals surface area contributed by atoms with Crippen molar-refractivity contribution in [1.82, 2.24) is 25.4 Å². The molecular formula is C19H24ClN5O3. The van der Waals surface area contributed by atoms with Gasteiger partial charge in [0.2, 0.25) is 5.91 Å². The number of hydrogen-bond donors (Lipinski definition) is 3. The zero-order valence-corrected chi connectivity index (χ0v) is 16.8. The van der Waals surface area contributed by atoms with Crippen LogP contribution in [0.25, 0.3) is 6.08 Å². The van der Waals surface area contributed by atoms with E-state index in [1.165, 1.54) is 24.4 Å². The maximum atomic E-state index is 12.0. The van der Waals surface area contributed by atoms with E-state index in [1.54, 1.807) is 10.8 Å². The van der Waals surface area contributed by atoms with Crippen LogP contribution in [0, 0.1) is 12.8 Å². The number of carbonyl (C=O) groups excluding carboxylic acids is 2. The van der Waals surface area contributed by atoms with E-state index in [4.69, 9.17) is 11.6 Å². The van der Waals surface area contributed by atoms with Crippen LogP contribution in [0.3, 0.4) is 0 Å². The lowest BCUT2D eigenvalue weighted by atomic mass is 10.2. The van der Waals surface area contributed by atoms with Crippen molar-refractivity contribution < 1.29 is 14.7 Å². The van der Waals surface area contributed by atoms with Crippen molar-refractivity contribution in [3.63, 3.8) is 0 Å². The highest BCUT2D eigenvalue weighted by molar-refractivity contribution is 6.31. The fourth-order valence-electron chi connectivity index (χ4n) is 2.46. The van der Waals surface area contributed by atoms with E-state index in [0.717, 1.165) is 5.69 Å². The number of nitrogens with one attached hydrogen (secondary N) is 2. The number of carbonyl (C=O) groups is 2. The fraction of sp³-hybridized carbons (Fsp3) is 0.368. The van der Waals surface area contributed by atoms with Crippen LogP contribution in [0.5, 0.6) is 5.75 Å². The van der Waals surface area contributed by atoms with Crippen molar-refractivity contribution in [2.45, 2.75) is 27.3 Å². The van der Waals surface area contributed by atoms with Gasteiger partial charge in [-0.2, -0.15) is 5.10 Å². The molecule has 0 radical (unpaired) electrons. The van der Waals surface area contributed by atoms with Crippen LogP contribution in [0.4, 0.5) is 0 Å². The maximum absolute atomic E-state index is 12.0. The number of aryl methyl sites for hydroxylation is 1. The van der Waals surface area contributed by atoms with Gasteiger partial charge in [0.05, 0.1) is 5.69 Å². The number of hydrogen-bond acceptors (Lipinski definition) is 5. The van der Waals surface area contributed by atoms with E-state index in [2.05, 4.69) is 34.6 Å². The third-order valence-corrected chi connectivity index (χ3v) is 4.16. The summed E-state index contributed by atoms with van der Waals surface area (Å²) in [5.41, 5.74) is 1.39. The molecule has 0 fully saturated rings. The minimum absolute atomic E-state index is 0.0581. The molecule has 2 aromatic rings. The first kappa shape index (κ1) is 21.4. The molecule has 0 bridgehead atoms. The van der Waals surface area contributed by atoms with Crippen molar-refractivity contribution in [2.75, 3.05) is 13.1 Å². The van der Waals surface area contributed by atoms with Crippen molar-refractivity contribution in [3.05, 3.63) is 46.5 Å². The highest BCUT2D eigenvalue weighted by Gasteiger charge is 2.13. The summed E-state index contributed by atoms with van der Waals surface area (Å²) in [4.78, 5) is 27.7. The SMILES string of the molecule is Cc1nn(CC(C)C)c(Cl)c1/C=C/C(=O)NCCNC(=O)c1ncccc1O. The normalized spacial score (nSPS) is 11.2. The summed E-state index contributed by atoms with van der Waals surface area (Å²) in [6, 6.07) is 2.91. The first-order valence-corrected chi connectivity index (χ1v) is 9.28. The summed E-state index contributed by atoms with van der Waals surface area (Å²) < 4.78 is 1.72. The molecule has 0 saturated heterocycles. The number of pyridine rings is 1. The molecule has 150 valence electrons. The van der Waals surface area contributed by atoms with Gasteiger partial charge in [-0.1, -0.05) is 25.4 Å². The lowest BCUT2D eigenvalue weighted by molar-refractivity contribution is -0.116. The second kappa shape index (κ2) is 9.89. The van der Waals surface area contributed by atoms with Crippen LogP contribution in [0.15, 0.2) is 24.4 Å². The van der Waals surface area contributed by atoms with E-state index >= 15 is 0 Å². The Hall–Kier alpha value is -2.87. The Morgan fingerprint density at radius 1 is 1.32 bits per heavy atom. The zero-order valence-electron chi connectivity index (χ0n) is 16.1. The molecule has 2 amide bonds. The Balaban J connectivity index is 1.82. The second-order valence-electron chi connectivity index (χ2n) is 6.62. The zero-order chi connectivity index (χ0) is 20.7. The molecule has 0 aliphatic heterocycles. The molecule has 0 atom stereocenters. The number of aromatic hydroxyl groups is 1. The van der Waals surface area contributed by atoms with Gasteiger partial charge in [0.25, 0.3) is 5.91 Å². The number of aromatic nitrogens is 3. The molecule has 2 heterocycles. The van der Waals surface area contributed by atoms with Gasteiger partial charge in [-0.25, -0.2) is 4.98 Å². The van der Waals surface area contributed by atoms with E-state index in [-0.39, 0.29) is 30.4 Å². The Labute approximate surface area is 168 Å². The third-order valence-electron chi connectivity index (χ3n) is 3.76. The number of rotatable bonds is 8. The maximum Gasteiger partial charge on any atom is 0.273 e. The van der Waals surface area contributed by atoms with Crippen molar-refractivity contribution in [3.8, 4) is 5.75 Å². The average Bonchev–Trinajstić information content (AvgIpc) is 2.89. The predicted molar refractivity (Wildman–Crippen MR) is 107 cm³/mol. The Bertz CT molecular complexity index is 876. The molecule has 0 spiro atoms. The minimum atomic E-state index is -0.511. The predicted octanol–water partition coefficient (Wildman–Crippen LogP) is 2.16. The average molecular weight is 406 g/mol. The molecular weight excluding hydrogens is 382 g/mol. The molecule has 9 heteroatoms. The Morgan fingerprint density at radius 2 is 2.04 bits per heavy atom. The van der Waals surface area contributed by atoms with Crippen molar-refractivity contribution >= 4 is 29.5 Å². The molecule has 0 unspecified atom stereocenters. The van der Waals surface area contributed by atoms with E-state index < -0.39 is 5.91 Å².